The number of hydrogen-bond acceptors (Lipinski definition) is 5. The van der Waals surface area contributed by atoms with Crippen LogP contribution in [0.15, 0.2) is 59.6 Å². The van der Waals surface area contributed by atoms with E-state index in [1.807, 2.05) is 18.0 Å². The first kappa shape index (κ1) is 28.6. The molecule has 0 aliphatic carbocycles. The Morgan fingerprint density at radius 3 is 2.56 bits per heavy atom. The van der Waals surface area contributed by atoms with Crippen LogP contribution in [-0.4, -0.2) is 57.1 Å². The van der Waals surface area contributed by atoms with E-state index in [-0.39, 0.29) is 5.91 Å². The standard InChI is InChI=1S/C35H40N6O2/c1-4-6-11-25(23-42)37-29-22-33-30(21-28(29)36-3)38-35(41(33)19-10-18-39-17-9-14-34(39)43)24-15-16-32-27(20-24)26-12-7-8-13-31(26)40(32)5-2/h7-8,12-13,15-16,20-23,36H,4-6,9-11,14,17-19H2,1-3H3. The van der Waals surface area contributed by atoms with E-state index in [4.69, 9.17) is 9.98 Å². The van der Waals surface area contributed by atoms with Gasteiger partial charge in [0.25, 0.3) is 0 Å². The lowest BCUT2D eigenvalue weighted by atomic mass is 10.1. The highest BCUT2D eigenvalue weighted by molar-refractivity contribution is 6.29. The highest BCUT2D eigenvalue weighted by atomic mass is 16.2. The van der Waals surface area contributed by atoms with Gasteiger partial charge in [0.05, 0.1) is 28.1 Å². The number of aldehydes is 1. The van der Waals surface area contributed by atoms with Gasteiger partial charge in [0.1, 0.15) is 5.82 Å². The molecule has 0 atom stereocenters. The summed E-state index contributed by atoms with van der Waals surface area (Å²) in [6, 6.07) is 19.3. The number of aliphatic imine (C=N–C) groups is 1. The lowest BCUT2D eigenvalue weighted by molar-refractivity contribution is -0.127. The van der Waals surface area contributed by atoms with Crippen molar-refractivity contribution < 1.29 is 9.59 Å². The van der Waals surface area contributed by atoms with Crippen LogP contribution in [0.3, 0.4) is 0 Å². The quantitative estimate of drug-likeness (QED) is 0.124. The number of likely N-dealkylation sites (tertiary alicyclic amines) is 1. The van der Waals surface area contributed by atoms with Crippen molar-refractivity contribution >= 4 is 62.1 Å². The summed E-state index contributed by atoms with van der Waals surface area (Å²) in [7, 11) is 1.87. The number of nitrogens with zero attached hydrogens (tertiary/aromatic N) is 5. The SMILES string of the molecule is CCCCC(C=O)=Nc1cc2c(cc1NC)nc(-c1ccc3c(c1)c1ccccc1n3CC)n2CCCN1CCCC1=O. The number of imidazole rings is 1. The molecule has 3 aromatic carbocycles. The van der Waals surface area contributed by atoms with Gasteiger partial charge in [-0.1, -0.05) is 31.5 Å². The molecule has 43 heavy (non-hydrogen) atoms. The van der Waals surface area contributed by atoms with Gasteiger partial charge in [-0.2, -0.15) is 0 Å². The molecule has 1 aliphatic rings. The first-order valence-electron chi connectivity index (χ1n) is 15.6. The highest BCUT2D eigenvalue weighted by Crippen LogP contribution is 2.36. The van der Waals surface area contributed by atoms with Crippen molar-refractivity contribution in [2.24, 2.45) is 4.99 Å². The first-order valence-corrected chi connectivity index (χ1v) is 15.6. The Balaban J connectivity index is 1.49. The predicted octanol–water partition coefficient (Wildman–Crippen LogP) is 7.35. The lowest BCUT2D eigenvalue weighted by Gasteiger charge is -2.17. The van der Waals surface area contributed by atoms with E-state index in [0.29, 0.717) is 25.1 Å². The van der Waals surface area contributed by atoms with Crippen molar-refractivity contribution in [1.82, 2.24) is 19.0 Å². The summed E-state index contributed by atoms with van der Waals surface area (Å²) in [5.41, 5.74) is 7.45. The third kappa shape index (κ3) is 5.42. The van der Waals surface area contributed by atoms with Crippen LogP contribution in [0, 0.1) is 0 Å². The second kappa shape index (κ2) is 12.4. The summed E-state index contributed by atoms with van der Waals surface area (Å²) in [6.45, 7) is 7.47. The summed E-state index contributed by atoms with van der Waals surface area (Å²) in [6.07, 6.45) is 5.86. The Labute approximate surface area is 252 Å². The Morgan fingerprint density at radius 2 is 1.81 bits per heavy atom. The molecular weight excluding hydrogens is 536 g/mol. The zero-order chi connectivity index (χ0) is 29.9. The van der Waals surface area contributed by atoms with E-state index in [9.17, 15) is 9.59 Å². The maximum Gasteiger partial charge on any atom is 0.222 e. The number of aryl methyl sites for hydroxylation is 2. The van der Waals surface area contributed by atoms with Crippen LogP contribution in [0.4, 0.5) is 11.4 Å². The largest absolute Gasteiger partial charge is 0.386 e. The molecule has 6 rings (SSSR count). The molecule has 1 aliphatic heterocycles. The molecule has 1 N–H and O–H groups in total. The smallest absolute Gasteiger partial charge is 0.222 e. The molecule has 0 bridgehead atoms. The highest BCUT2D eigenvalue weighted by Gasteiger charge is 2.21. The van der Waals surface area contributed by atoms with Crippen molar-refractivity contribution in [1.29, 1.82) is 0 Å². The van der Waals surface area contributed by atoms with Crippen LogP contribution >= 0.6 is 0 Å². The normalized spacial score (nSPS) is 14.1. The van der Waals surface area contributed by atoms with Gasteiger partial charge in [0.2, 0.25) is 5.91 Å². The Bertz CT molecular complexity index is 1850. The van der Waals surface area contributed by atoms with Gasteiger partial charge >= 0.3 is 0 Å². The molecule has 0 saturated carbocycles. The number of carbonyl (C=O) groups is 2. The third-order valence-electron chi connectivity index (χ3n) is 8.65. The Hall–Kier alpha value is -4.46. The van der Waals surface area contributed by atoms with E-state index in [0.717, 1.165) is 85.4 Å². The third-order valence-corrected chi connectivity index (χ3v) is 8.65. The Kier molecular flexibility index (Phi) is 8.27. The summed E-state index contributed by atoms with van der Waals surface area (Å²) < 4.78 is 4.62. The first-order chi connectivity index (χ1) is 21.1. The molecule has 1 fully saturated rings. The number of amides is 1. The summed E-state index contributed by atoms with van der Waals surface area (Å²) in [4.78, 5) is 36.1. The van der Waals surface area contributed by atoms with Gasteiger partial charge in [0, 0.05) is 67.0 Å². The van der Waals surface area contributed by atoms with Gasteiger partial charge < -0.3 is 19.4 Å². The van der Waals surface area contributed by atoms with Crippen molar-refractivity contribution in [3.63, 3.8) is 0 Å². The molecule has 5 aromatic rings. The number of fused-ring (bicyclic) bond motifs is 4. The fraction of sp³-hybridized carbons (Fsp3) is 0.371. The zero-order valence-electron chi connectivity index (χ0n) is 25.4. The number of aromatic nitrogens is 3. The van der Waals surface area contributed by atoms with E-state index in [1.165, 1.54) is 21.8 Å². The molecule has 8 heteroatoms. The van der Waals surface area contributed by atoms with Gasteiger partial charge in [0.15, 0.2) is 6.29 Å². The van der Waals surface area contributed by atoms with Crippen molar-refractivity contribution in [3.8, 4) is 11.4 Å². The molecule has 8 nitrogen and oxygen atoms in total. The van der Waals surface area contributed by atoms with Gasteiger partial charge in [-0.3, -0.25) is 9.59 Å². The molecule has 1 saturated heterocycles. The molecule has 0 radical (unpaired) electrons. The molecule has 0 spiro atoms. The molecule has 3 heterocycles. The van der Waals surface area contributed by atoms with E-state index in [2.05, 4.69) is 76.8 Å². The summed E-state index contributed by atoms with van der Waals surface area (Å²) in [5, 5.41) is 5.71. The monoisotopic (exact) mass is 576 g/mol. The number of rotatable bonds is 12. The van der Waals surface area contributed by atoms with E-state index in [1.54, 1.807) is 0 Å². The van der Waals surface area contributed by atoms with Crippen molar-refractivity contribution in [3.05, 3.63) is 54.6 Å². The van der Waals surface area contributed by atoms with Crippen molar-refractivity contribution in [2.45, 2.75) is 65.5 Å². The number of unbranched alkanes of at least 4 members (excludes halogenated alkanes) is 1. The second-order valence-electron chi connectivity index (χ2n) is 11.4. The summed E-state index contributed by atoms with van der Waals surface area (Å²) >= 11 is 0. The molecular formula is C35H40N6O2. The van der Waals surface area contributed by atoms with Crippen LogP contribution < -0.4 is 5.32 Å². The second-order valence-corrected chi connectivity index (χ2v) is 11.4. The Morgan fingerprint density at radius 1 is 0.977 bits per heavy atom. The van der Waals surface area contributed by atoms with E-state index < -0.39 is 0 Å². The molecule has 1 amide bonds. The fourth-order valence-corrected chi connectivity index (χ4v) is 6.45. The van der Waals surface area contributed by atoms with E-state index >= 15 is 0 Å². The van der Waals surface area contributed by atoms with Crippen LogP contribution in [-0.2, 0) is 22.7 Å². The topological polar surface area (TPSA) is 84.5 Å². The fourth-order valence-electron chi connectivity index (χ4n) is 6.45. The number of hydrogen-bond donors (Lipinski definition) is 1. The maximum absolute atomic E-state index is 12.3. The zero-order valence-corrected chi connectivity index (χ0v) is 25.4. The minimum Gasteiger partial charge on any atom is -0.386 e. The maximum atomic E-state index is 12.3. The molecule has 222 valence electrons. The van der Waals surface area contributed by atoms with Crippen LogP contribution in [0.1, 0.15) is 52.4 Å². The average Bonchev–Trinajstić information content (AvgIpc) is 3.71. The van der Waals surface area contributed by atoms with Gasteiger partial charge in [-0.25, -0.2) is 9.98 Å². The predicted molar refractivity (Wildman–Crippen MR) is 177 cm³/mol. The number of para-hydroxylation sites is 1. The number of carbonyl (C=O) groups excluding carboxylic acids is 2. The average molecular weight is 577 g/mol. The number of anilines is 1. The molecule has 2 aromatic heterocycles. The van der Waals surface area contributed by atoms with Crippen LogP contribution in [0.5, 0.6) is 0 Å². The minimum absolute atomic E-state index is 0.247. The van der Waals surface area contributed by atoms with Crippen LogP contribution in [0.2, 0.25) is 0 Å². The minimum atomic E-state index is 0.247. The summed E-state index contributed by atoms with van der Waals surface area (Å²) in [5.74, 6) is 1.14. The number of nitrogens with one attached hydrogen (secondary N) is 1. The van der Waals surface area contributed by atoms with Crippen molar-refractivity contribution in [2.75, 3.05) is 25.5 Å². The molecule has 0 unspecified atom stereocenters. The van der Waals surface area contributed by atoms with Gasteiger partial charge in [-0.15, -0.1) is 0 Å². The van der Waals surface area contributed by atoms with Gasteiger partial charge in [-0.05, 0) is 69.0 Å². The number of benzene rings is 3. The lowest BCUT2D eigenvalue weighted by Crippen LogP contribution is -2.26. The van der Waals surface area contributed by atoms with Crippen LogP contribution in [0.25, 0.3) is 44.2 Å².